The minimum Gasteiger partial charge on any atom is -0.385 e. The van der Waals surface area contributed by atoms with Crippen molar-refractivity contribution in [2.45, 2.75) is 32.6 Å². The molecule has 2 nitrogen and oxygen atoms in total. The predicted molar refractivity (Wildman–Crippen MR) is 103 cm³/mol. The van der Waals surface area contributed by atoms with Crippen LogP contribution in [-0.4, -0.2) is 12.3 Å². The van der Waals surface area contributed by atoms with E-state index in [0.717, 1.165) is 49.1 Å². The molecule has 0 aromatic heterocycles. The molecule has 0 unspecified atom stereocenters. The topological polar surface area (TPSA) is 35.9 Å². The highest BCUT2D eigenvalue weighted by Gasteiger charge is 2.01. The van der Waals surface area contributed by atoms with Crippen LogP contribution in [0.15, 0.2) is 67.8 Å². The van der Waals surface area contributed by atoms with Gasteiger partial charge in [0.1, 0.15) is 0 Å². The Bertz CT molecular complexity index is 594. The van der Waals surface area contributed by atoms with Crippen molar-refractivity contribution in [1.82, 2.24) is 5.32 Å². The largest absolute Gasteiger partial charge is 0.385 e. The average molecular weight is 308 g/mol. The highest BCUT2D eigenvalue weighted by Crippen LogP contribution is 2.14. The van der Waals surface area contributed by atoms with Crippen molar-refractivity contribution in [3.05, 3.63) is 78.9 Å². The normalized spacial score (nSPS) is 10.5. The van der Waals surface area contributed by atoms with Gasteiger partial charge < -0.3 is 10.7 Å². The predicted octanol–water partition coefficient (Wildman–Crippen LogP) is 5.30. The minimum atomic E-state index is 0.575. The Morgan fingerprint density at radius 3 is 2.74 bits per heavy atom. The fourth-order valence-corrected chi connectivity index (χ4v) is 2.14. The second-order valence-electron chi connectivity index (χ2n) is 5.55. The molecule has 0 aliphatic heterocycles. The summed E-state index contributed by atoms with van der Waals surface area (Å²) in [5.74, 6) is 0. The van der Waals surface area contributed by atoms with Crippen LogP contribution in [0.5, 0.6) is 0 Å². The monoisotopic (exact) mass is 308 g/mol. The molecule has 122 valence electrons. The summed E-state index contributed by atoms with van der Waals surface area (Å²) in [6.45, 7) is 14.7. The van der Waals surface area contributed by atoms with Crippen LogP contribution in [0, 0.1) is 5.41 Å². The van der Waals surface area contributed by atoms with Gasteiger partial charge in [-0.25, -0.2) is 0 Å². The average Bonchev–Trinajstić information content (AvgIpc) is 2.57. The molecular weight excluding hydrogens is 280 g/mol. The van der Waals surface area contributed by atoms with E-state index in [2.05, 4.69) is 62.3 Å². The van der Waals surface area contributed by atoms with E-state index >= 15 is 0 Å². The summed E-state index contributed by atoms with van der Waals surface area (Å²) in [6, 6.07) is 8.32. The molecule has 0 saturated heterocycles. The highest BCUT2D eigenvalue weighted by molar-refractivity contribution is 5.91. The van der Waals surface area contributed by atoms with Crippen LogP contribution in [0.25, 0.3) is 5.70 Å². The molecule has 1 aromatic rings. The Morgan fingerprint density at radius 1 is 1.26 bits per heavy atom. The third-order valence-electron chi connectivity index (χ3n) is 3.58. The summed E-state index contributed by atoms with van der Waals surface area (Å²) in [5.41, 5.74) is 4.95. The van der Waals surface area contributed by atoms with Gasteiger partial charge in [0.2, 0.25) is 0 Å². The van der Waals surface area contributed by atoms with Gasteiger partial charge in [0, 0.05) is 18.0 Å². The molecule has 0 bridgehead atoms. The van der Waals surface area contributed by atoms with Crippen LogP contribution in [0.3, 0.4) is 0 Å². The summed E-state index contributed by atoms with van der Waals surface area (Å²) in [5, 5.41) is 11.0. The molecule has 0 fully saturated rings. The fraction of sp³-hybridized carbons (Fsp3) is 0.286. The number of hydrogen-bond acceptors (Lipinski definition) is 2. The summed E-state index contributed by atoms with van der Waals surface area (Å²) in [6.07, 6.45) is 9.33. The summed E-state index contributed by atoms with van der Waals surface area (Å²) >= 11 is 0. The van der Waals surface area contributed by atoms with Crippen LogP contribution in [0.2, 0.25) is 0 Å². The summed E-state index contributed by atoms with van der Waals surface area (Å²) in [7, 11) is 0. The van der Waals surface area contributed by atoms with Crippen LogP contribution < -0.4 is 5.32 Å². The van der Waals surface area contributed by atoms with Crippen molar-refractivity contribution >= 4 is 11.4 Å². The Kier molecular flexibility index (Phi) is 8.45. The van der Waals surface area contributed by atoms with E-state index < -0.39 is 0 Å². The lowest BCUT2D eigenvalue weighted by Gasteiger charge is -2.11. The molecular formula is C21H28N2. The zero-order valence-electron chi connectivity index (χ0n) is 14.2. The van der Waals surface area contributed by atoms with E-state index in [1.54, 1.807) is 6.08 Å². The van der Waals surface area contributed by atoms with Crippen molar-refractivity contribution in [3.63, 3.8) is 0 Å². The van der Waals surface area contributed by atoms with Crippen molar-refractivity contribution in [3.8, 4) is 0 Å². The Hall–Kier alpha value is -2.35. The van der Waals surface area contributed by atoms with E-state index in [4.69, 9.17) is 5.41 Å². The molecule has 0 aliphatic carbocycles. The maximum atomic E-state index is 7.64. The maximum Gasteiger partial charge on any atom is 0.0340 e. The van der Waals surface area contributed by atoms with Gasteiger partial charge in [0.25, 0.3) is 0 Å². The number of allylic oxidation sites excluding steroid dienone is 3. The molecule has 1 rings (SSSR count). The fourth-order valence-electron chi connectivity index (χ4n) is 2.14. The number of nitrogens with one attached hydrogen (secondary N) is 2. The molecule has 2 heteroatoms. The maximum absolute atomic E-state index is 7.64. The molecule has 0 spiro atoms. The van der Waals surface area contributed by atoms with Crippen LogP contribution in [0.1, 0.15) is 37.3 Å². The Morgan fingerprint density at radius 2 is 2.04 bits per heavy atom. The van der Waals surface area contributed by atoms with Crippen LogP contribution in [-0.2, 0) is 6.42 Å². The van der Waals surface area contributed by atoms with Gasteiger partial charge in [0.15, 0.2) is 0 Å². The zero-order chi connectivity index (χ0) is 17.1. The molecule has 0 amide bonds. The Labute approximate surface area is 140 Å². The molecule has 1 aromatic carbocycles. The molecule has 0 atom stereocenters. The van der Waals surface area contributed by atoms with Crippen molar-refractivity contribution in [1.29, 1.82) is 5.41 Å². The first kappa shape index (κ1) is 18.7. The van der Waals surface area contributed by atoms with Gasteiger partial charge in [-0.05, 0) is 49.0 Å². The van der Waals surface area contributed by atoms with E-state index in [0.29, 0.717) is 5.71 Å². The lowest BCUT2D eigenvalue weighted by molar-refractivity contribution is 0.853. The number of rotatable bonds is 11. The number of benzene rings is 1. The molecule has 0 radical (unpaired) electrons. The minimum absolute atomic E-state index is 0.575. The lowest BCUT2D eigenvalue weighted by Crippen LogP contribution is -2.13. The van der Waals surface area contributed by atoms with E-state index in [-0.39, 0.29) is 0 Å². The molecule has 0 heterocycles. The zero-order valence-corrected chi connectivity index (χ0v) is 14.2. The van der Waals surface area contributed by atoms with Gasteiger partial charge in [-0.1, -0.05) is 62.6 Å². The van der Waals surface area contributed by atoms with Crippen molar-refractivity contribution < 1.29 is 0 Å². The third kappa shape index (κ3) is 7.46. The smallest absolute Gasteiger partial charge is 0.0340 e. The van der Waals surface area contributed by atoms with Gasteiger partial charge in [-0.3, -0.25) is 0 Å². The lowest BCUT2D eigenvalue weighted by atomic mass is 10.0. The number of hydrogen-bond donors (Lipinski definition) is 2. The first-order valence-corrected chi connectivity index (χ1v) is 8.13. The van der Waals surface area contributed by atoms with E-state index in [9.17, 15) is 0 Å². The van der Waals surface area contributed by atoms with Gasteiger partial charge in [-0.2, -0.15) is 0 Å². The van der Waals surface area contributed by atoms with Gasteiger partial charge in [0.05, 0.1) is 0 Å². The van der Waals surface area contributed by atoms with Gasteiger partial charge in [-0.15, -0.1) is 0 Å². The molecule has 0 aliphatic rings. The van der Waals surface area contributed by atoms with Crippen molar-refractivity contribution in [2.75, 3.05) is 6.54 Å². The van der Waals surface area contributed by atoms with E-state index in [1.807, 2.05) is 6.07 Å². The Balaban J connectivity index is 2.50. The second-order valence-corrected chi connectivity index (χ2v) is 5.55. The SMILES string of the molecule is C=CC(=N)CCc1cccc(C(=C)NCCC(=C)/C=C\CC)c1. The quantitative estimate of drug-likeness (QED) is 0.422. The van der Waals surface area contributed by atoms with Crippen molar-refractivity contribution in [2.24, 2.45) is 0 Å². The molecule has 2 N–H and O–H groups in total. The number of aryl methyl sites for hydroxylation is 1. The van der Waals surface area contributed by atoms with Gasteiger partial charge >= 0.3 is 0 Å². The summed E-state index contributed by atoms with van der Waals surface area (Å²) in [4.78, 5) is 0. The van der Waals surface area contributed by atoms with E-state index in [1.165, 1.54) is 5.56 Å². The standard InChI is InChI=1S/C21H28N2/c1-5-7-9-17(3)14-15-23-18(4)20-11-8-10-19(16-20)12-13-21(22)6-2/h6-11,16,22-23H,2-5,12-15H2,1H3/b9-7-,22-21?. The van der Waals surface area contributed by atoms with Crippen LogP contribution in [0.4, 0.5) is 0 Å². The molecule has 23 heavy (non-hydrogen) atoms. The second kappa shape index (κ2) is 10.4. The first-order chi connectivity index (χ1) is 11.1. The highest BCUT2D eigenvalue weighted by atomic mass is 14.9. The van der Waals surface area contributed by atoms with Crippen LogP contribution >= 0.6 is 0 Å². The summed E-state index contributed by atoms with van der Waals surface area (Å²) < 4.78 is 0. The molecule has 0 saturated carbocycles. The first-order valence-electron chi connectivity index (χ1n) is 8.13. The third-order valence-corrected chi connectivity index (χ3v) is 3.58.